The van der Waals surface area contributed by atoms with Crippen molar-refractivity contribution in [2.45, 2.75) is 19.3 Å². The third-order valence-corrected chi connectivity index (χ3v) is 2.81. The van der Waals surface area contributed by atoms with Crippen LogP contribution in [0.4, 0.5) is 0 Å². The number of rotatable bonds is 2. The number of carbonyl (C=O) groups is 1. The van der Waals surface area contributed by atoms with Gasteiger partial charge >= 0.3 is 0 Å². The van der Waals surface area contributed by atoms with Crippen LogP contribution in [0.5, 0.6) is 0 Å². The molecule has 1 rings (SSSR count). The van der Waals surface area contributed by atoms with Gasteiger partial charge in [0.05, 0.1) is 0 Å². The Morgan fingerprint density at radius 2 is 2.08 bits per heavy atom. The molecule has 0 bridgehead atoms. The Morgan fingerprint density at radius 3 is 2.54 bits per heavy atom. The number of halogens is 2. The minimum Gasteiger partial charge on any atom is -0.302 e. The second kappa shape index (κ2) is 3.81. The van der Waals surface area contributed by atoms with Crippen molar-refractivity contribution in [2.24, 2.45) is 0 Å². The van der Waals surface area contributed by atoms with Gasteiger partial charge in [0.2, 0.25) is 0 Å². The Kier molecular flexibility index (Phi) is 3.14. The fourth-order valence-electron chi connectivity index (χ4n) is 1.08. The molecule has 70 valence electrons. The Balaban J connectivity index is 3.23. The molecular formula is C10H10BrClO. The average molecular weight is 262 g/mol. The van der Waals surface area contributed by atoms with Crippen LogP contribution in [0.1, 0.15) is 19.4 Å². The van der Waals surface area contributed by atoms with E-state index >= 15 is 0 Å². The van der Waals surface area contributed by atoms with Crippen molar-refractivity contribution in [3.05, 3.63) is 33.3 Å². The fourth-order valence-corrected chi connectivity index (χ4v) is 2.27. The predicted octanol–water partition coefficient (Wildman–Crippen LogP) is 3.58. The quantitative estimate of drug-likeness (QED) is 0.744. The standard InChI is InChI=1S/C10H10BrClO/c1-10(2,6-13)8-4-3-7(12)5-9(8)11/h3-6H,1-2H3. The van der Waals surface area contributed by atoms with Crippen molar-refractivity contribution < 1.29 is 4.79 Å². The van der Waals surface area contributed by atoms with Crippen LogP contribution in [0.3, 0.4) is 0 Å². The molecule has 0 heterocycles. The molecule has 0 fully saturated rings. The second-order valence-corrected chi connectivity index (χ2v) is 4.75. The molecule has 1 aromatic carbocycles. The summed E-state index contributed by atoms with van der Waals surface area (Å²) in [5.74, 6) is 0. The molecule has 0 spiro atoms. The maximum absolute atomic E-state index is 10.8. The summed E-state index contributed by atoms with van der Waals surface area (Å²) in [5.41, 5.74) is 0.482. The Bertz CT molecular complexity index is 334. The smallest absolute Gasteiger partial charge is 0.130 e. The number of hydrogen-bond donors (Lipinski definition) is 0. The van der Waals surface area contributed by atoms with Crippen LogP contribution in [0.15, 0.2) is 22.7 Å². The van der Waals surface area contributed by atoms with Gasteiger partial charge in [-0.2, -0.15) is 0 Å². The molecule has 0 radical (unpaired) electrons. The average Bonchev–Trinajstić information content (AvgIpc) is 2.03. The zero-order valence-electron chi connectivity index (χ0n) is 7.47. The highest BCUT2D eigenvalue weighted by Crippen LogP contribution is 2.30. The first-order valence-electron chi connectivity index (χ1n) is 3.89. The van der Waals surface area contributed by atoms with Crippen LogP contribution in [-0.4, -0.2) is 6.29 Å². The number of hydrogen-bond acceptors (Lipinski definition) is 1. The molecule has 0 aliphatic rings. The second-order valence-electron chi connectivity index (χ2n) is 3.46. The van der Waals surface area contributed by atoms with E-state index < -0.39 is 5.41 Å². The number of aldehydes is 1. The van der Waals surface area contributed by atoms with E-state index in [9.17, 15) is 4.79 Å². The maximum atomic E-state index is 10.8. The zero-order chi connectivity index (χ0) is 10.1. The fraction of sp³-hybridized carbons (Fsp3) is 0.300. The van der Waals surface area contributed by atoms with E-state index in [1.165, 1.54) is 0 Å². The van der Waals surface area contributed by atoms with Gasteiger partial charge in [-0.15, -0.1) is 0 Å². The Labute approximate surface area is 91.2 Å². The largest absolute Gasteiger partial charge is 0.302 e. The third-order valence-electron chi connectivity index (χ3n) is 1.92. The van der Waals surface area contributed by atoms with E-state index in [4.69, 9.17) is 11.6 Å². The Hall–Kier alpha value is -0.340. The summed E-state index contributed by atoms with van der Waals surface area (Å²) in [7, 11) is 0. The van der Waals surface area contributed by atoms with Gasteiger partial charge in [0.15, 0.2) is 0 Å². The molecule has 1 nitrogen and oxygen atoms in total. The zero-order valence-corrected chi connectivity index (χ0v) is 9.82. The van der Waals surface area contributed by atoms with Crippen LogP contribution in [0.2, 0.25) is 5.02 Å². The van der Waals surface area contributed by atoms with Crippen molar-refractivity contribution >= 4 is 33.8 Å². The SMILES string of the molecule is CC(C)(C=O)c1ccc(Cl)cc1Br. The topological polar surface area (TPSA) is 17.1 Å². The molecule has 0 aliphatic heterocycles. The molecule has 3 heteroatoms. The van der Waals surface area contributed by atoms with Gasteiger partial charge in [0.1, 0.15) is 6.29 Å². The van der Waals surface area contributed by atoms with E-state index in [0.717, 1.165) is 16.3 Å². The molecule has 0 amide bonds. The highest BCUT2D eigenvalue weighted by atomic mass is 79.9. The molecule has 13 heavy (non-hydrogen) atoms. The third kappa shape index (κ3) is 2.32. The summed E-state index contributed by atoms with van der Waals surface area (Å²) in [6.45, 7) is 3.74. The minimum absolute atomic E-state index is 0.469. The van der Waals surface area contributed by atoms with E-state index in [-0.39, 0.29) is 0 Å². The first kappa shape index (κ1) is 10.7. The summed E-state index contributed by atoms with van der Waals surface area (Å²) in [4.78, 5) is 10.8. The lowest BCUT2D eigenvalue weighted by Gasteiger charge is -2.18. The van der Waals surface area contributed by atoms with E-state index in [2.05, 4.69) is 15.9 Å². The lowest BCUT2D eigenvalue weighted by molar-refractivity contribution is -0.111. The van der Waals surface area contributed by atoms with Crippen LogP contribution in [-0.2, 0) is 10.2 Å². The van der Waals surface area contributed by atoms with Gasteiger partial charge in [0, 0.05) is 14.9 Å². The summed E-state index contributed by atoms with van der Waals surface area (Å²) >= 11 is 9.17. The highest BCUT2D eigenvalue weighted by Gasteiger charge is 2.21. The van der Waals surface area contributed by atoms with Crippen LogP contribution < -0.4 is 0 Å². The predicted molar refractivity (Wildman–Crippen MR) is 58.2 cm³/mol. The van der Waals surface area contributed by atoms with E-state index in [0.29, 0.717) is 5.02 Å². The first-order chi connectivity index (χ1) is 5.97. The summed E-state index contributed by atoms with van der Waals surface area (Å²) in [5, 5.41) is 0.664. The van der Waals surface area contributed by atoms with E-state index in [1.54, 1.807) is 12.1 Å². The molecule has 0 aromatic heterocycles. The van der Waals surface area contributed by atoms with Crippen LogP contribution >= 0.6 is 27.5 Å². The van der Waals surface area contributed by atoms with Crippen molar-refractivity contribution in [3.63, 3.8) is 0 Å². The monoisotopic (exact) mass is 260 g/mol. The van der Waals surface area contributed by atoms with Gasteiger partial charge in [-0.3, -0.25) is 0 Å². The first-order valence-corrected chi connectivity index (χ1v) is 5.06. The van der Waals surface area contributed by atoms with Crippen LogP contribution in [0, 0.1) is 0 Å². The summed E-state index contributed by atoms with van der Waals surface area (Å²) in [6.07, 6.45) is 0.932. The molecule has 0 atom stereocenters. The van der Waals surface area contributed by atoms with Gasteiger partial charge in [-0.05, 0) is 31.5 Å². The van der Waals surface area contributed by atoms with Gasteiger partial charge in [-0.1, -0.05) is 33.6 Å². The van der Waals surface area contributed by atoms with Gasteiger partial charge in [0.25, 0.3) is 0 Å². The lowest BCUT2D eigenvalue weighted by Crippen LogP contribution is -2.19. The minimum atomic E-state index is -0.469. The van der Waals surface area contributed by atoms with Crippen molar-refractivity contribution in [2.75, 3.05) is 0 Å². The number of benzene rings is 1. The van der Waals surface area contributed by atoms with E-state index in [1.807, 2.05) is 19.9 Å². The maximum Gasteiger partial charge on any atom is 0.130 e. The normalized spacial score (nSPS) is 11.4. The van der Waals surface area contributed by atoms with Crippen molar-refractivity contribution in [1.82, 2.24) is 0 Å². The van der Waals surface area contributed by atoms with Crippen molar-refractivity contribution in [3.8, 4) is 0 Å². The molecule has 0 unspecified atom stereocenters. The summed E-state index contributed by atoms with van der Waals surface area (Å²) < 4.78 is 0.872. The molecular weight excluding hydrogens is 251 g/mol. The van der Waals surface area contributed by atoms with Gasteiger partial charge < -0.3 is 4.79 Å². The summed E-state index contributed by atoms with van der Waals surface area (Å²) in [6, 6.07) is 5.44. The Morgan fingerprint density at radius 1 is 1.46 bits per heavy atom. The van der Waals surface area contributed by atoms with Gasteiger partial charge in [-0.25, -0.2) is 0 Å². The highest BCUT2D eigenvalue weighted by molar-refractivity contribution is 9.10. The molecule has 0 N–H and O–H groups in total. The molecule has 0 saturated heterocycles. The lowest BCUT2D eigenvalue weighted by atomic mass is 9.86. The molecule has 0 saturated carbocycles. The van der Waals surface area contributed by atoms with Crippen molar-refractivity contribution in [1.29, 1.82) is 0 Å². The molecule has 1 aromatic rings. The van der Waals surface area contributed by atoms with Crippen LogP contribution in [0.25, 0.3) is 0 Å². The number of carbonyl (C=O) groups excluding carboxylic acids is 1. The molecule has 0 aliphatic carbocycles.